The molecule has 0 radical (unpaired) electrons. The second kappa shape index (κ2) is 14.9. The number of hydrogen-bond acceptors (Lipinski definition) is 3. The van der Waals surface area contributed by atoms with Gasteiger partial charge in [-0.2, -0.15) is 0 Å². The maximum Gasteiger partial charge on any atom is 0.0969 e. The van der Waals surface area contributed by atoms with Crippen LogP contribution in [0.15, 0.2) is 50.6 Å². The molecule has 0 saturated carbocycles. The highest BCUT2D eigenvalue weighted by molar-refractivity contribution is 7.27. The van der Waals surface area contributed by atoms with Crippen molar-refractivity contribution in [2.75, 3.05) is 54.4 Å². The summed E-state index contributed by atoms with van der Waals surface area (Å²) in [6.45, 7) is 18.7. The van der Waals surface area contributed by atoms with Crippen LogP contribution in [0.3, 0.4) is 0 Å². The van der Waals surface area contributed by atoms with Gasteiger partial charge in [-0.15, -0.1) is 0 Å². The molecule has 0 unspecified atom stereocenters. The summed E-state index contributed by atoms with van der Waals surface area (Å²) in [5.74, 6) is 0. The fraction of sp³-hybridized carbons (Fsp3) is 0.500. The van der Waals surface area contributed by atoms with Crippen molar-refractivity contribution < 1.29 is 23.3 Å². The molecule has 0 aliphatic rings. The SMILES string of the molecule is C=CC[N+](C)(C)CC=C.C=CC[N+](C)(C)CC=C.O=[PH]([O-])[O-]. The quantitative estimate of drug-likeness (QED) is 0.378. The molecule has 0 amide bonds. The summed E-state index contributed by atoms with van der Waals surface area (Å²) in [5.41, 5.74) is 0. The van der Waals surface area contributed by atoms with Gasteiger partial charge in [-0.05, 0) is 24.3 Å². The summed E-state index contributed by atoms with van der Waals surface area (Å²) in [5, 5.41) is 0. The van der Waals surface area contributed by atoms with Gasteiger partial charge in [0.15, 0.2) is 0 Å². The normalized spacial score (nSPS) is 10.5. The molecule has 0 saturated heterocycles. The molecule has 0 rings (SSSR count). The highest BCUT2D eigenvalue weighted by atomic mass is 31.1. The van der Waals surface area contributed by atoms with E-state index in [1.54, 1.807) is 0 Å². The van der Waals surface area contributed by atoms with E-state index in [2.05, 4.69) is 54.5 Å². The smallest absolute Gasteiger partial charge is 0.0969 e. The van der Waals surface area contributed by atoms with Crippen molar-refractivity contribution in [3.63, 3.8) is 0 Å². The minimum atomic E-state index is -3.63. The molecular weight excluding hydrogens is 299 g/mol. The maximum atomic E-state index is 8.52. The molecule has 0 bridgehead atoms. The van der Waals surface area contributed by atoms with Gasteiger partial charge in [0.2, 0.25) is 0 Å². The number of nitrogens with zero attached hydrogens (tertiary/aromatic N) is 2. The van der Waals surface area contributed by atoms with Crippen molar-refractivity contribution in [2.24, 2.45) is 0 Å². The Morgan fingerprint density at radius 3 is 0.955 bits per heavy atom. The molecule has 22 heavy (non-hydrogen) atoms. The number of rotatable bonds is 8. The molecule has 0 aromatic heterocycles. The predicted octanol–water partition coefficient (Wildman–Crippen LogP) is 0.966. The van der Waals surface area contributed by atoms with Gasteiger partial charge >= 0.3 is 0 Å². The van der Waals surface area contributed by atoms with Crippen LogP contribution in [0.2, 0.25) is 0 Å². The van der Waals surface area contributed by atoms with E-state index in [9.17, 15) is 0 Å². The minimum absolute atomic E-state index is 0.951. The first-order chi connectivity index (χ1) is 9.97. The van der Waals surface area contributed by atoms with Gasteiger partial charge in [0.05, 0.1) is 54.4 Å². The van der Waals surface area contributed by atoms with Crippen molar-refractivity contribution >= 4 is 8.25 Å². The van der Waals surface area contributed by atoms with Crippen molar-refractivity contribution in [3.05, 3.63) is 50.6 Å². The van der Waals surface area contributed by atoms with Crippen molar-refractivity contribution in [2.45, 2.75) is 0 Å². The van der Waals surface area contributed by atoms with E-state index in [1.807, 2.05) is 24.3 Å². The Morgan fingerprint density at radius 1 is 0.727 bits per heavy atom. The molecule has 0 heterocycles. The fourth-order valence-corrected chi connectivity index (χ4v) is 1.55. The van der Waals surface area contributed by atoms with E-state index in [0.29, 0.717) is 0 Å². The van der Waals surface area contributed by atoms with Crippen LogP contribution in [0.4, 0.5) is 0 Å². The van der Waals surface area contributed by atoms with Gasteiger partial charge < -0.3 is 23.3 Å². The second-order valence-electron chi connectivity index (χ2n) is 6.01. The summed E-state index contributed by atoms with van der Waals surface area (Å²) in [4.78, 5) is 17.0. The van der Waals surface area contributed by atoms with Crippen LogP contribution >= 0.6 is 8.25 Å². The molecule has 130 valence electrons. The Hall–Kier alpha value is -0.970. The van der Waals surface area contributed by atoms with E-state index >= 15 is 0 Å². The summed E-state index contributed by atoms with van der Waals surface area (Å²) in [6, 6.07) is 0. The largest absolute Gasteiger partial charge is 0.813 e. The zero-order chi connectivity index (χ0) is 18.2. The predicted molar refractivity (Wildman–Crippen MR) is 93.5 cm³/mol. The van der Waals surface area contributed by atoms with E-state index in [-0.39, 0.29) is 0 Å². The Kier molecular flexibility index (Phi) is 17.6. The van der Waals surface area contributed by atoms with Crippen molar-refractivity contribution in [3.8, 4) is 0 Å². The molecule has 0 spiro atoms. The molecule has 0 N–H and O–H groups in total. The Morgan fingerprint density at radius 2 is 0.864 bits per heavy atom. The minimum Gasteiger partial charge on any atom is -0.813 e. The third-order valence-corrected chi connectivity index (χ3v) is 2.49. The molecule has 6 heteroatoms. The number of hydrogen-bond donors (Lipinski definition) is 0. The summed E-state index contributed by atoms with van der Waals surface area (Å²) < 4.78 is 10.4. The van der Waals surface area contributed by atoms with Gasteiger partial charge in [0.1, 0.15) is 0 Å². The lowest BCUT2D eigenvalue weighted by Crippen LogP contribution is -2.39. The first kappa shape index (κ1) is 26.0. The zero-order valence-corrected chi connectivity index (χ0v) is 15.6. The van der Waals surface area contributed by atoms with Crippen LogP contribution in [0.25, 0.3) is 0 Å². The lowest BCUT2D eigenvalue weighted by atomic mass is 10.4. The van der Waals surface area contributed by atoms with Crippen LogP contribution in [-0.4, -0.2) is 63.3 Å². The van der Waals surface area contributed by atoms with Crippen LogP contribution in [-0.2, 0) is 4.57 Å². The zero-order valence-electron chi connectivity index (χ0n) is 14.6. The van der Waals surface area contributed by atoms with E-state index in [4.69, 9.17) is 14.4 Å². The van der Waals surface area contributed by atoms with Crippen LogP contribution in [0.1, 0.15) is 0 Å². The fourth-order valence-electron chi connectivity index (χ4n) is 1.55. The summed E-state index contributed by atoms with van der Waals surface area (Å²) in [6.07, 6.45) is 7.74. The lowest BCUT2D eigenvalue weighted by molar-refractivity contribution is -0.878. The van der Waals surface area contributed by atoms with Crippen LogP contribution in [0, 0.1) is 0 Å². The molecule has 0 aliphatic carbocycles. The summed E-state index contributed by atoms with van der Waals surface area (Å²) in [7, 11) is 4.99. The Labute approximate surface area is 137 Å². The van der Waals surface area contributed by atoms with Gasteiger partial charge in [0.25, 0.3) is 0 Å². The maximum absolute atomic E-state index is 8.52. The summed E-state index contributed by atoms with van der Waals surface area (Å²) >= 11 is 0. The molecule has 5 nitrogen and oxygen atoms in total. The van der Waals surface area contributed by atoms with Crippen LogP contribution < -0.4 is 9.79 Å². The Bertz CT molecular complexity index is 297. The topological polar surface area (TPSA) is 63.2 Å². The molecule has 0 fully saturated rings. The first-order valence-electron chi connectivity index (χ1n) is 6.93. The second-order valence-corrected chi connectivity index (χ2v) is 6.51. The van der Waals surface area contributed by atoms with Crippen molar-refractivity contribution in [1.29, 1.82) is 0 Å². The van der Waals surface area contributed by atoms with E-state index in [0.717, 1.165) is 35.1 Å². The standard InChI is InChI=1S/2C8H16N.H3O3P/c2*1-5-7-9(3,4)8-6-2;1-4(2)3/h2*5-6H,1-2,7-8H2,3-4H3;4H,(H2,1,2,3)/q2*+1;/p-2. The van der Waals surface area contributed by atoms with Gasteiger partial charge in [-0.3, -0.25) is 0 Å². The lowest BCUT2D eigenvalue weighted by Gasteiger charge is -2.26. The van der Waals surface area contributed by atoms with E-state index < -0.39 is 8.25 Å². The highest BCUT2D eigenvalue weighted by Crippen LogP contribution is 1.95. The number of quaternary nitrogens is 2. The molecule has 0 aromatic rings. The monoisotopic (exact) mass is 332 g/mol. The molecular formula is C16H33N2O3P. The van der Waals surface area contributed by atoms with Crippen LogP contribution in [0.5, 0.6) is 0 Å². The first-order valence-corrected chi connectivity index (χ1v) is 8.16. The van der Waals surface area contributed by atoms with Crippen molar-refractivity contribution in [1.82, 2.24) is 0 Å². The molecule has 0 aromatic carbocycles. The third-order valence-electron chi connectivity index (χ3n) is 2.49. The average molecular weight is 332 g/mol. The molecule has 0 atom stereocenters. The average Bonchev–Trinajstić information content (AvgIpc) is 2.28. The van der Waals surface area contributed by atoms with Gasteiger partial charge in [-0.1, -0.05) is 34.6 Å². The Balaban J connectivity index is -0.000000266. The highest BCUT2D eigenvalue weighted by Gasteiger charge is 2.08. The van der Waals surface area contributed by atoms with E-state index in [1.165, 1.54) is 0 Å². The molecule has 0 aliphatic heterocycles. The third kappa shape index (κ3) is 27.4. The van der Waals surface area contributed by atoms with Gasteiger partial charge in [0, 0.05) is 0 Å². The van der Waals surface area contributed by atoms with Gasteiger partial charge in [-0.25, -0.2) is 0 Å². The number of likely N-dealkylation sites (N-methyl/N-ethyl adjacent to an activating group) is 2.